The number of rotatable bonds is 6. The largest absolute Gasteiger partial charge is 0.345 e. The van der Waals surface area contributed by atoms with Gasteiger partial charge < -0.3 is 5.32 Å². The molecule has 130 valence electrons. The zero-order valence-corrected chi connectivity index (χ0v) is 15.8. The van der Waals surface area contributed by atoms with Crippen LogP contribution in [-0.4, -0.2) is 31.7 Å². The van der Waals surface area contributed by atoms with Gasteiger partial charge in [0.25, 0.3) is 5.91 Å². The fraction of sp³-hybridized carbons (Fsp3) is 0.353. The highest BCUT2D eigenvalue weighted by Crippen LogP contribution is 2.20. The van der Waals surface area contributed by atoms with Crippen LogP contribution in [0.3, 0.4) is 0 Å². The van der Waals surface area contributed by atoms with Gasteiger partial charge in [0.2, 0.25) is 10.0 Å². The number of sulfonamides is 1. The molecule has 0 aliphatic carbocycles. The van der Waals surface area contributed by atoms with E-state index in [1.54, 1.807) is 37.3 Å². The highest BCUT2D eigenvalue weighted by Gasteiger charge is 2.24. The molecular weight excluding hydrogens is 344 g/mol. The van der Waals surface area contributed by atoms with E-state index < -0.39 is 10.0 Å². The molecule has 1 atom stereocenters. The summed E-state index contributed by atoms with van der Waals surface area (Å²) in [5.41, 5.74) is 0.330. The Kier molecular flexibility index (Phi) is 5.79. The molecule has 2 rings (SSSR count). The summed E-state index contributed by atoms with van der Waals surface area (Å²) in [6, 6.07) is 9.73. The van der Waals surface area contributed by atoms with Crippen LogP contribution in [0.4, 0.5) is 0 Å². The smallest absolute Gasteiger partial charge is 0.251 e. The number of amides is 1. The Bertz CT molecular complexity index is 799. The van der Waals surface area contributed by atoms with Crippen molar-refractivity contribution in [1.82, 2.24) is 9.62 Å². The molecule has 0 spiro atoms. The molecule has 7 heteroatoms. The Morgan fingerprint density at radius 1 is 1.17 bits per heavy atom. The highest BCUT2D eigenvalue weighted by atomic mass is 32.2. The molecule has 0 aliphatic heterocycles. The first-order valence-corrected chi connectivity index (χ1v) is 9.98. The van der Waals surface area contributed by atoms with Gasteiger partial charge in [-0.05, 0) is 50.4 Å². The number of benzene rings is 1. The van der Waals surface area contributed by atoms with Crippen LogP contribution in [0.15, 0.2) is 46.7 Å². The van der Waals surface area contributed by atoms with Crippen molar-refractivity contribution in [1.29, 1.82) is 0 Å². The van der Waals surface area contributed by atoms with Gasteiger partial charge in [-0.25, -0.2) is 8.42 Å². The summed E-state index contributed by atoms with van der Waals surface area (Å²) in [7, 11) is -2.08. The van der Waals surface area contributed by atoms with Crippen molar-refractivity contribution in [3.8, 4) is 0 Å². The number of hydrogen-bond donors (Lipinski definition) is 1. The molecule has 5 nitrogen and oxygen atoms in total. The van der Waals surface area contributed by atoms with Crippen LogP contribution >= 0.6 is 11.3 Å². The lowest BCUT2D eigenvalue weighted by Crippen LogP contribution is -2.33. The van der Waals surface area contributed by atoms with Crippen molar-refractivity contribution in [3.05, 3.63) is 52.2 Å². The Morgan fingerprint density at radius 2 is 1.88 bits per heavy atom. The first kappa shape index (κ1) is 18.6. The maximum absolute atomic E-state index is 12.6. The average molecular weight is 367 g/mol. The molecule has 2 aromatic rings. The summed E-state index contributed by atoms with van der Waals surface area (Å²) in [6.07, 6.45) is 0. The monoisotopic (exact) mass is 366 g/mol. The summed E-state index contributed by atoms with van der Waals surface area (Å²) < 4.78 is 26.4. The standard InChI is InChI=1S/C17H22N2O3S2/c1-12(2)19(4)24(21,22)15-8-5-7-14(11-15)17(20)18-13(3)16-9-6-10-23-16/h5-13H,1-4H3,(H,18,20). The van der Waals surface area contributed by atoms with Crippen LogP contribution < -0.4 is 5.32 Å². The van der Waals surface area contributed by atoms with Crippen LogP contribution in [0.25, 0.3) is 0 Å². The van der Waals surface area contributed by atoms with Gasteiger partial charge in [-0.2, -0.15) is 4.31 Å². The second kappa shape index (κ2) is 7.46. The van der Waals surface area contributed by atoms with E-state index in [-0.39, 0.29) is 22.9 Å². The topological polar surface area (TPSA) is 66.5 Å². The molecule has 0 bridgehead atoms. The number of thiophene rings is 1. The summed E-state index contributed by atoms with van der Waals surface area (Å²) in [6.45, 7) is 5.50. The normalized spacial score (nSPS) is 13.2. The Hall–Kier alpha value is -1.70. The second-order valence-corrected chi connectivity index (χ2v) is 8.83. The van der Waals surface area contributed by atoms with E-state index in [2.05, 4.69) is 5.32 Å². The quantitative estimate of drug-likeness (QED) is 0.853. The van der Waals surface area contributed by atoms with Crippen LogP contribution in [0.2, 0.25) is 0 Å². The predicted molar refractivity (Wildman–Crippen MR) is 96.7 cm³/mol. The first-order valence-electron chi connectivity index (χ1n) is 7.66. The van der Waals surface area contributed by atoms with Crippen molar-refractivity contribution in [3.63, 3.8) is 0 Å². The van der Waals surface area contributed by atoms with Crippen LogP contribution in [0.1, 0.15) is 42.0 Å². The maximum atomic E-state index is 12.6. The van der Waals surface area contributed by atoms with Gasteiger partial charge in [0.1, 0.15) is 0 Å². The van der Waals surface area contributed by atoms with Crippen molar-refractivity contribution < 1.29 is 13.2 Å². The molecule has 0 saturated heterocycles. The fourth-order valence-electron chi connectivity index (χ4n) is 2.13. The molecule has 0 fully saturated rings. The van der Waals surface area contributed by atoms with E-state index in [0.29, 0.717) is 5.56 Å². The summed E-state index contributed by atoms with van der Waals surface area (Å²) in [5, 5.41) is 4.84. The van der Waals surface area contributed by atoms with Gasteiger partial charge >= 0.3 is 0 Å². The summed E-state index contributed by atoms with van der Waals surface area (Å²) >= 11 is 1.57. The van der Waals surface area contributed by atoms with E-state index >= 15 is 0 Å². The molecule has 0 aliphatic rings. The Morgan fingerprint density at radius 3 is 2.46 bits per heavy atom. The Labute approximate surface area is 147 Å². The van der Waals surface area contributed by atoms with Crippen LogP contribution in [0, 0.1) is 0 Å². The van der Waals surface area contributed by atoms with Gasteiger partial charge in [0.15, 0.2) is 0 Å². The molecule has 1 amide bonds. The van der Waals surface area contributed by atoms with E-state index in [1.165, 1.54) is 23.5 Å². The van der Waals surface area contributed by atoms with Gasteiger partial charge in [-0.3, -0.25) is 4.79 Å². The predicted octanol–water partition coefficient (Wildman–Crippen LogP) is 3.27. The van der Waals surface area contributed by atoms with E-state index in [9.17, 15) is 13.2 Å². The summed E-state index contributed by atoms with van der Waals surface area (Å²) in [5.74, 6) is -0.292. The van der Waals surface area contributed by atoms with Crippen molar-refractivity contribution in [2.45, 2.75) is 37.8 Å². The van der Waals surface area contributed by atoms with Crippen molar-refractivity contribution in [2.24, 2.45) is 0 Å². The van der Waals surface area contributed by atoms with Crippen LogP contribution in [0.5, 0.6) is 0 Å². The third-order valence-electron chi connectivity index (χ3n) is 3.82. The maximum Gasteiger partial charge on any atom is 0.251 e. The molecule has 1 heterocycles. The number of nitrogens with one attached hydrogen (secondary N) is 1. The minimum absolute atomic E-state index is 0.120. The first-order chi connectivity index (χ1) is 11.2. The highest BCUT2D eigenvalue weighted by molar-refractivity contribution is 7.89. The average Bonchev–Trinajstić information content (AvgIpc) is 3.08. The van der Waals surface area contributed by atoms with Gasteiger partial charge in [-0.1, -0.05) is 12.1 Å². The third kappa shape index (κ3) is 4.03. The molecule has 0 saturated carbocycles. The van der Waals surface area contributed by atoms with Gasteiger partial charge in [-0.15, -0.1) is 11.3 Å². The van der Waals surface area contributed by atoms with Crippen LogP contribution in [-0.2, 0) is 10.0 Å². The second-order valence-electron chi connectivity index (χ2n) is 5.85. The van der Waals surface area contributed by atoms with Crippen molar-refractivity contribution >= 4 is 27.3 Å². The molecule has 24 heavy (non-hydrogen) atoms. The van der Waals surface area contributed by atoms with E-state index in [4.69, 9.17) is 0 Å². The Balaban J connectivity index is 2.22. The molecule has 1 aromatic heterocycles. The zero-order chi connectivity index (χ0) is 17.9. The van der Waals surface area contributed by atoms with E-state index in [0.717, 1.165) is 4.88 Å². The minimum Gasteiger partial charge on any atom is -0.345 e. The molecule has 1 aromatic carbocycles. The summed E-state index contributed by atoms with van der Waals surface area (Å²) in [4.78, 5) is 13.6. The lowest BCUT2D eigenvalue weighted by molar-refractivity contribution is 0.0940. The number of carbonyl (C=O) groups excluding carboxylic acids is 1. The van der Waals surface area contributed by atoms with Gasteiger partial charge in [0, 0.05) is 23.5 Å². The molecule has 1 N–H and O–H groups in total. The minimum atomic E-state index is -3.61. The lowest BCUT2D eigenvalue weighted by atomic mass is 10.2. The van der Waals surface area contributed by atoms with Crippen molar-refractivity contribution in [2.75, 3.05) is 7.05 Å². The zero-order valence-electron chi connectivity index (χ0n) is 14.2. The molecule has 1 unspecified atom stereocenters. The van der Waals surface area contributed by atoms with Gasteiger partial charge in [0.05, 0.1) is 10.9 Å². The SMILES string of the molecule is CC(NC(=O)c1cccc(S(=O)(=O)N(C)C(C)C)c1)c1cccs1. The third-order valence-corrected chi connectivity index (χ3v) is 6.90. The molecular formula is C17H22N2O3S2. The lowest BCUT2D eigenvalue weighted by Gasteiger charge is -2.21. The fourth-order valence-corrected chi connectivity index (χ4v) is 4.28. The molecule has 0 radical (unpaired) electrons. The number of nitrogens with zero attached hydrogens (tertiary/aromatic N) is 1. The number of hydrogen-bond acceptors (Lipinski definition) is 4. The van der Waals surface area contributed by atoms with E-state index in [1.807, 2.05) is 24.4 Å². The number of carbonyl (C=O) groups is 1.